The number of methoxy groups -OCH3 is 1. The molecule has 3 heteroatoms. The van der Waals surface area contributed by atoms with Gasteiger partial charge >= 0.3 is 5.97 Å². The molecule has 0 saturated carbocycles. The Morgan fingerprint density at radius 1 is 1.38 bits per heavy atom. The van der Waals surface area contributed by atoms with Gasteiger partial charge in [0, 0.05) is 6.54 Å². The molecule has 0 aliphatic rings. The first-order chi connectivity index (χ1) is 7.29. The molecule has 0 radical (unpaired) electrons. The van der Waals surface area contributed by atoms with Crippen LogP contribution in [0.5, 0.6) is 0 Å². The topological polar surface area (TPSA) is 29.5 Å². The maximum atomic E-state index is 11.5. The molecule has 16 heavy (non-hydrogen) atoms. The van der Waals surface area contributed by atoms with Crippen molar-refractivity contribution in [2.24, 2.45) is 11.3 Å². The molecule has 0 aromatic heterocycles. The summed E-state index contributed by atoms with van der Waals surface area (Å²) in [4.78, 5) is 13.7. The third-order valence-corrected chi connectivity index (χ3v) is 2.72. The Balaban J connectivity index is 3.94. The first-order valence-electron chi connectivity index (χ1n) is 6.06. The fraction of sp³-hybridized carbons (Fsp3) is 0.923. The van der Waals surface area contributed by atoms with E-state index in [0.29, 0.717) is 0 Å². The summed E-state index contributed by atoms with van der Waals surface area (Å²) in [5, 5.41) is 0. The Morgan fingerprint density at radius 3 is 2.38 bits per heavy atom. The minimum Gasteiger partial charge on any atom is -0.469 e. The van der Waals surface area contributed by atoms with Crippen molar-refractivity contribution >= 4 is 5.97 Å². The van der Waals surface area contributed by atoms with Crippen LogP contribution < -0.4 is 0 Å². The molecule has 3 nitrogen and oxygen atoms in total. The van der Waals surface area contributed by atoms with Gasteiger partial charge in [-0.2, -0.15) is 0 Å². The Morgan fingerprint density at radius 2 is 1.94 bits per heavy atom. The molecule has 0 amide bonds. The number of hydrogen-bond acceptors (Lipinski definition) is 3. The molecule has 0 spiro atoms. The summed E-state index contributed by atoms with van der Waals surface area (Å²) in [7, 11) is 3.51. The number of carbonyl (C=O) groups excluding carboxylic acids is 1. The SMILES string of the molecule is COC(=O)C(C)(C)CN(C)CCCC(C)C. The molecule has 0 unspecified atom stereocenters. The lowest BCUT2D eigenvalue weighted by molar-refractivity contribution is -0.151. The zero-order valence-corrected chi connectivity index (χ0v) is 11.7. The van der Waals surface area contributed by atoms with E-state index in [9.17, 15) is 4.79 Å². The predicted octanol–water partition coefficient (Wildman–Crippen LogP) is 2.55. The van der Waals surface area contributed by atoms with Crippen LogP contribution in [-0.4, -0.2) is 38.1 Å². The van der Waals surface area contributed by atoms with Crippen LogP contribution in [0.2, 0.25) is 0 Å². The number of carbonyl (C=O) groups is 1. The predicted molar refractivity (Wildman–Crippen MR) is 67.4 cm³/mol. The van der Waals surface area contributed by atoms with E-state index in [1.54, 1.807) is 0 Å². The highest BCUT2D eigenvalue weighted by Gasteiger charge is 2.29. The fourth-order valence-corrected chi connectivity index (χ4v) is 1.86. The molecule has 0 aromatic rings. The van der Waals surface area contributed by atoms with Crippen LogP contribution in [0.15, 0.2) is 0 Å². The van der Waals surface area contributed by atoms with E-state index in [-0.39, 0.29) is 5.97 Å². The normalized spacial score (nSPS) is 12.2. The lowest BCUT2D eigenvalue weighted by Crippen LogP contribution is -2.38. The molecule has 0 saturated heterocycles. The van der Waals surface area contributed by atoms with Gasteiger partial charge < -0.3 is 9.64 Å². The highest BCUT2D eigenvalue weighted by atomic mass is 16.5. The number of ether oxygens (including phenoxy) is 1. The number of esters is 1. The summed E-state index contributed by atoms with van der Waals surface area (Å²) in [6.07, 6.45) is 2.43. The van der Waals surface area contributed by atoms with Gasteiger partial charge in [-0.05, 0) is 46.2 Å². The van der Waals surface area contributed by atoms with Crippen LogP contribution in [-0.2, 0) is 9.53 Å². The molecular weight excluding hydrogens is 202 g/mol. The van der Waals surface area contributed by atoms with Gasteiger partial charge in [0.25, 0.3) is 0 Å². The van der Waals surface area contributed by atoms with Crippen LogP contribution in [0, 0.1) is 11.3 Å². The third-order valence-electron chi connectivity index (χ3n) is 2.72. The summed E-state index contributed by atoms with van der Waals surface area (Å²) >= 11 is 0. The maximum absolute atomic E-state index is 11.5. The Hall–Kier alpha value is -0.570. The van der Waals surface area contributed by atoms with Crippen molar-refractivity contribution in [1.82, 2.24) is 4.90 Å². The second kappa shape index (κ2) is 6.89. The average molecular weight is 229 g/mol. The van der Waals surface area contributed by atoms with Crippen LogP contribution in [0.1, 0.15) is 40.5 Å². The summed E-state index contributed by atoms with van der Waals surface area (Å²) in [5.74, 6) is 0.616. The van der Waals surface area contributed by atoms with E-state index >= 15 is 0 Å². The largest absolute Gasteiger partial charge is 0.469 e. The maximum Gasteiger partial charge on any atom is 0.312 e. The van der Waals surface area contributed by atoms with Crippen LogP contribution >= 0.6 is 0 Å². The molecule has 0 aliphatic carbocycles. The van der Waals surface area contributed by atoms with Crippen molar-refractivity contribution in [3.8, 4) is 0 Å². The molecule has 0 rings (SSSR count). The molecule has 0 fully saturated rings. The molecule has 96 valence electrons. The van der Waals surface area contributed by atoms with E-state index < -0.39 is 5.41 Å². The molecule has 0 atom stereocenters. The second-order valence-electron chi connectivity index (χ2n) is 5.65. The Labute approximate surface area is 100 Å². The van der Waals surface area contributed by atoms with Crippen LogP contribution in [0.3, 0.4) is 0 Å². The summed E-state index contributed by atoms with van der Waals surface area (Å²) in [6.45, 7) is 10.1. The van der Waals surface area contributed by atoms with E-state index in [4.69, 9.17) is 4.74 Å². The third kappa shape index (κ3) is 6.11. The Kier molecular flexibility index (Phi) is 6.65. The van der Waals surface area contributed by atoms with Crippen molar-refractivity contribution in [2.45, 2.75) is 40.5 Å². The summed E-state index contributed by atoms with van der Waals surface area (Å²) in [5.41, 5.74) is -0.415. The molecule has 0 N–H and O–H groups in total. The van der Waals surface area contributed by atoms with Crippen molar-refractivity contribution in [3.63, 3.8) is 0 Å². The van der Waals surface area contributed by atoms with Crippen molar-refractivity contribution in [3.05, 3.63) is 0 Å². The van der Waals surface area contributed by atoms with Gasteiger partial charge in [0.05, 0.1) is 12.5 Å². The zero-order valence-electron chi connectivity index (χ0n) is 11.7. The van der Waals surface area contributed by atoms with Crippen molar-refractivity contribution < 1.29 is 9.53 Å². The lowest BCUT2D eigenvalue weighted by Gasteiger charge is -2.27. The van der Waals surface area contributed by atoms with E-state index in [2.05, 4.69) is 25.8 Å². The average Bonchev–Trinajstić information content (AvgIpc) is 2.14. The highest BCUT2D eigenvalue weighted by Crippen LogP contribution is 2.18. The first-order valence-corrected chi connectivity index (χ1v) is 6.06. The lowest BCUT2D eigenvalue weighted by atomic mass is 9.93. The fourth-order valence-electron chi connectivity index (χ4n) is 1.86. The van der Waals surface area contributed by atoms with Gasteiger partial charge in [-0.1, -0.05) is 13.8 Å². The minimum atomic E-state index is -0.415. The molecule has 0 heterocycles. The summed E-state index contributed by atoms with van der Waals surface area (Å²) in [6, 6.07) is 0. The standard InChI is InChI=1S/C13H27NO2/c1-11(2)8-7-9-14(5)10-13(3,4)12(15)16-6/h11H,7-10H2,1-6H3. The highest BCUT2D eigenvalue weighted by molar-refractivity contribution is 5.76. The van der Waals surface area contributed by atoms with E-state index in [0.717, 1.165) is 19.0 Å². The molecule has 0 aliphatic heterocycles. The van der Waals surface area contributed by atoms with Crippen molar-refractivity contribution in [1.29, 1.82) is 0 Å². The monoisotopic (exact) mass is 229 g/mol. The van der Waals surface area contributed by atoms with Gasteiger partial charge in [0.2, 0.25) is 0 Å². The van der Waals surface area contributed by atoms with E-state index in [1.807, 2.05) is 13.8 Å². The molecular formula is C13H27NO2. The van der Waals surface area contributed by atoms with Crippen molar-refractivity contribution in [2.75, 3.05) is 27.2 Å². The van der Waals surface area contributed by atoms with E-state index in [1.165, 1.54) is 20.0 Å². The summed E-state index contributed by atoms with van der Waals surface area (Å²) < 4.78 is 4.79. The quantitative estimate of drug-likeness (QED) is 0.628. The minimum absolute atomic E-state index is 0.136. The zero-order chi connectivity index (χ0) is 12.8. The molecule has 0 bridgehead atoms. The number of rotatable bonds is 7. The van der Waals surface area contributed by atoms with Gasteiger partial charge in [-0.25, -0.2) is 0 Å². The van der Waals surface area contributed by atoms with Gasteiger partial charge in [-0.15, -0.1) is 0 Å². The number of hydrogen-bond donors (Lipinski definition) is 0. The van der Waals surface area contributed by atoms with Crippen LogP contribution in [0.4, 0.5) is 0 Å². The Bertz CT molecular complexity index is 212. The molecule has 0 aromatic carbocycles. The van der Waals surface area contributed by atoms with Crippen LogP contribution in [0.25, 0.3) is 0 Å². The number of nitrogens with zero attached hydrogens (tertiary/aromatic N) is 1. The first kappa shape index (κ1) is 15.4. The second-order valence-corrected chi connectivity index (χ2v) is 5.65. The smallest absolute Gasteiger partial charge is 0.312 e. The van der Waals surface area contributed by atoms with Gasteiger partial charge in [-0.3, -0.25) is 4.79 Å². The van der Waals surface area contributed by atoms with Gasteiger partial charge in [0.15, 0.2) is 0 Å². The van der Waals surface area contributed by atoms with Gasteiger partial charge in [0.1, 0.15) is 0 Å².